The monoisotopic (exact) mass is 237 g/mol. The molecule has 0 saturated heterocycles. The maximum Gasteiger partial charge on any atom is 0.287 e. The van der Waals surface area contributed by atoms with Crippen LogP contribution in [0.15, 0.2) is 12.3 Å². The molecule has 1 aromatic heterocycles. The standard InChI is InChI=1S/C11H15N3O3/c1-13(8-3-2-4-8)7-11(15)10-5-9(6-12-10)14(16)17/h5-6,8,12H,2-4,7H2,1H3. The minimum absolute atomic E-state index is 0.0698. The summed E-state index contributed by atoms with van der Waals surface area (Å²) in [7, 11) is 1.92. The number of nitro groups is 1. The Morgan fingerprint density at radius 3 is 2.82 bits per heavy atom. The van der Waals surface area contributed by atoms with Crippen LogP contribution < -0.4 is 0 Å². The predicted molar refractivity (Wildman–Crippen MR) is 62.0 cm³/mol. The molecule has 0 amide bonds. The van der Waals surface area contributed by atoms with Crippen molar-refractivity contribution in [2.45, 2.75) is 25.3 Å². The van der Waals surface area contributed by atoms with Gasteiger partial charge in [-0.1, -0.05) is 6.42 Å². The second-order valence-electron chi connectivity index (χ2n) is 4.45. The van der Waals surface area contributed by atoms with Crippen molar-refractivity contribution >= 4 is 11.5 Å². The van der Waals surface area contributed by atoms with E-state index in [0.29, 0.717) is 18.3 Å². The Labute approximate surface area is 98.8 Å². The van der Waals surface area contributed by atoms with E-state index in [-0.39, 0.29) is 11.5 Å². The van der Waals surface area contributed by atoms with Crippen LogP contribution in [0.3, 0.4) is 0 Å². The molecular formula is C11H15N3O3. The molecule has 1 aliphatic rings. The summed E-state index contributed by atoms with van der Waals surface area (Å²) < 4.78 is 0. The predicted octanol–water partition coefficient (Wildman–Crippen LogP) is 1.59. The molecular weight excluding hydrogens is 222 g/mol. The topological polar surface area (TPSA) is 79.2 Å². The number of nitrogens with zero attached hydrogens (tertiary/aromatic N) is 2. The quantitative estimate of drug-likeness (QED) is 0.479. The maximum atomic E-state index is 11.8. The molecule has 0 unspecified atom stereocenters. The van der Waals surface area contributed by atoms with Crippen LogP contribution in [-0.4, -0.2) is 40.2 Å². The molecule has 0 atom stereocenters. The minimum Gasteiger partial charge on any atom is -0.353 e. The highest BCUT2D eigenvalue weighted by Gasteiger charge is 2.24. The summed E-state index contributed by atoms with van der Waals surface area (Å²) in [6.07, 6.45) is 4.73. The molecule has 17 heavy (non-hydrogen) atoms. The molecule has 1 aromatic rings. The molecule has 0 bridgehead atoms. The van der Waals surface area contributed by atoms with E-state index in [1.807, 2.05) is 11.9 Å². The van der Waals surface area contributed by atoms with Gasteiger partial charge in [0.15, 0.2) is 5.78 Å². The number of hydrogen-bond donors (Lipinski definition) is 1. The maximum absolute atomic E-state index is 11.8. The lowest BCUT2D eigenvalue weighted by Gasteiger charge is -2.34. The summed E-state index contributed by atoms with van der Waals surface area (Å²) in [5.41, 5.74) is 0.238. The van der Waals surface area contributed by atoms with E-state index in [0.717, 1.165) is 12.8 Å². The SMILES string of the molecule is CN(CC(=O)c1cc([N+](=O)[O-])c[nH]1)C1CCC1. The van der Waals surface area contributed by atoms with Gasteiger partial charge in [-0.05, 0) is 19.9 Å². The van der Waals surface area contributed by atoms with Crippen molar-refractivity contribution < 1.29 is 9.72 Å². The van der Waals surface area contributed by atoms with Gasteiger partial charge in [0.05, 0.1) is 23.4 Å². The van der Waals surface area contributed by atoms with Crippen LogP contribution in [0.4, 0.5) is 5.69 Å². The summed E-state index contributed by atoms with van der Waals surface area (Å²) in [5.74, 6) is -0.104. The van der Waals surface area contributed by atoms with Crippen LogP contribution in [-0.2, 0) is 0 Å². The number of Topliss-reactive ketones (excluding diaryl/α,β-unsaturated/α-hetero) is 1. The Hall–Kier alpha value is -1.69. The second kappa shape index (κ2) is 4.67. The smallest absolute Gasteiger partial charge is 0.287 e. The first-order valence-corrected chi connectivity index (χ1v) is 5.64. The van der Waals surface area contributed by atoms with E-state index in [1.165, 1.54) is 18.7 Å². The van der Waals surface area contributed by atoms with Gasteiger partial charge in [0.1, 0.15) is 0 Å². The van der Waals surface area contributed by atoms with Crippen LogP contribution in [0.1, 0.15) is 29.8 Å². The molecule has 0 aromatic carbocycles. The number of nitrogens with one attached hydrogen (secondary N) is 1. The molecule has 1 heterocycles. The second-order valence-corrected chi connectivity index (χ2v) is 4.45. The zero-order valence-electron chi connectivity index (χ0n) is 9.68. The number of likely N-dealkylation sites (N-methyl/N-ethyl adjacent to an activating group) is 1. The third-order valence-corrected chi connectivity index (χ3v) is 3.27. The number of ketones is 1. The Morgan fingerprint density at radius 2 is 2.35 bits per heavy atom. The molecule has 1 aliphatic carbocycles. The van der Waals surface area contributed by atoms with Crippen molar-refractivity contribution in [3.8, 4) is 0 Å². The van der Waals surface area contributed by atoms with E-state index in [1.54, 1.807) is 0 Å². The van der Waals surface area contributed by atoms with Crippen LogP contribution in [0.25, 0.3) is 0 Å². The molecule has 0 spiro atoms. The Kier molecular flexibility index (Phi) is 3.23. The fraction of sp³-hybridized carbons (Fsp3) is 0.545. The van der Waals surface area contributed by atoms with Crippen molar-refractivity contribution in [1.82, 2.24) is 9.88 Å². The van der Waals surface area contributed by atoms with Gasteiger partial charge in [0.25, 0.3) is 5.69 Å². The third kappa shape index (κ3) is 2.52. The molecule has 0 radical (unpaired) electrons. The molecule has 1 N–H and O–H groups in total. The summed E-state index contributed by atoms with van der Waals surface area (Å²) in [5, 5.41) is 10.5. The van der Waals surface area contributed by atoms with Gasteiger partial charge < -0.3 is 4.98 Å². The van der Waals surface area contributed by atoms with Gasteiger partial charge in [0, 0.05) is 12.1 Å². The van der Waals surface area contributed by atoms with Gasteiger partial charge >= 0.3 is 0 Å². The largest absolute Gasteiger partial charge is 0.353 e. The number of H-pyrrole nitrogens is 1. The average molecular weight is 237 g/mol. The van der Waals surface area contributed by atoms with Crippen LogP contribution in [0.5, 0.6) is 0 Å². The summed E-state index contributed by atoms with van der Waals surface area (Å²) in [6, 6.07) is 1.78. The number of aromatic amines is 1. The minimum atomic E-state index is -0.511. The summed E-state index contributed by atoms with van der Waals surface area (Å²) >= 11 is 0. The number of carbonyl (C=O) groups excluding carboxylic acids is 1. The van der Waals surface area contributed by atoms with Gasteiger partial charge in [-0.3, -0.25) is 19.8 Å². The Morgan fingerprint density at radius 1 is 1.65 bits per heavy atom. The Bertz CT molecular complexity index is 437. The van der Waals surface area contributed by atoms with Gasteiger partial charge in [-0.25, -0.2) is 0 Å². The van der Waals surface area contributed by atoms with Gasteiger partial charge in [-0.2, -0.15) is 0 Å². The number of aromatic nitrogens is 1. The number of carbonyl (C=O) groups is 1. The lowest BCUT2D eigenvalue weighted by atomic mass is 9.92. The van der Waals surface area contributed by atoms with Crippen molar-refractivity contribution in [3.63, 3.8) is 0 Å². The molecule has 1 saturated carbocycles. The zero-order valence-corrected chi connectivity index (χ0v) is 9.68. The van der Waals surface area contributed by atoms with E-state index < -0.39 is 4.92 Å². The van der Waals surface area contributed by atoms with Crippen molar-refractivity contribution in [3.05, 3.63) is 28.1 Å². The van der Waals surface area contributed by atoms with Gasteiger partial charge in [-0.15, -0.1) is 0 Å². The van der Waals surface area contributed by atoms with E-state index in [4.69, 9.17) is 0 Å². The first-order valence-electron chi connectivity index (χ1n) is 5.64. The first-order chi connectivity index (χ1) is 8.08. The molecule has 1 fully saturated rings. The summed E-state index contributed by atoms with van der Waals surface area (Å²) in [4.78, 5) is 26.5. The average Bonchev–Trinajstić information content (AvgIpc) is 2.62. The van der Waals surface area contributed by atoms with Crippen molar-refractivity contribution in [2.24, 2.45) is 0 Å². The Balaban J connectivity index is 1.96. The first kappa shape index (κ1) is 11.8. The normalized spacial score (nSPS) is 15.9. The molecule has 92 valence electrons. The van der Waals surface area contributed by atoms with Crippen molar-refractivity contribution in [2.75, 3.05) is 13.6 Å². The van der Waals surface area contributed by atoms with Crippen molar-refractivity contribution in [1.29, 1.82) is 0 Å². The lowest BCUT2D eigenvalue weighted by Crippen LogP contribution is -2.40. The fourth-order valence-electron chi connectivity index (χ4n) is 1.92. The van der Waals surface area contributed by atoms with E-state index in [2.05, 4.69) is 4.98 Å². The zero-order chi connectivity index (χ0) is 12.4. The van der Waals surface area contributed by atoms with Crippen LogP contribution in [0.2, 0.25) is 0 Å². The highest BCUT2D eigenvalue weighted by molar-refractivity contribution is 5.96. The number of hydrogen-bond acceptors (Lipinski definition) is 4. The van der Waals surface area contributed by atoms with Gasteiger partial charge in [0.2, 0.25) is 0 Å². The van der Waals surface area contributed by atoms with Crippen LogP contribution in [0, 0.1) is 10.1 Å². The van der Waals surface area contributed by atoms with E-state index >= 15 is 0 Å². The highest BCUT2D eigenvalue weighted by atomic mass is 16.6. The molecule has 0 aliphatic heterocycles. The highest BCUT2D eigenvalue weighted by Crippen LogP contribution is 2.23. The third-order valence-electron chi connectivity index (χ3n) is 3.27. The lowest BCUT2D eigenvalue weighted by molar-refractivity contribution is -0.384. The molecule has 6 nitrogen and oxygen atoms in total. The molecule has 2 rings (SSSR count). The molecule has 6 heteroatoms. The summed E-state index contributed by atoms with van der Waals surface area (Å²) in [6.45, 7) is 0.308. The van der Waals surface area contributed by atoms with E-state index in [9.17, 15) is 14.9 Å². The fourth-order valence-corrected chi connectivity index (χ4v) is 1.92. The van der Waals surface area contributed by atoms with Crippen LogP contribution >= 0.6 is 0 Å². The number of rotatable bonds is 5.